The summed E-state index contributed by atoms with van der Waals surface area (Å²) in [6.07, 6.45) is 0. The summed E-state index contributed by atoms with van der Waals surface area (Å²) < 4.78 is 32.1. The zero-order chi connectivity index (χ0) is 11.8. The van der Waals surface area contributed by atoms with Gasteiger partial charge in [0.2, 0.25) is 0 Å². The van der Waals surface area contributed by atoms with Crippen molar-refractivity contribution >= 4 is 26.8 Å². The van der Waals surface area contributed by atoms with Crippen molar-refractivity contribution < 1.29 is 18.1 Å². The minimum Gasteiger partial charge on any atom is -0.507 e. The molecule has 0 aromatic heterocycles. The van der Waals surface area contributed by atoms with Crippen LogP contribution in [0.4, 0.5) is 5.69 Å². The molecule has 0 unspecified atom stereocenters. The molecule has 0 amide bonds. The van der Waals surface area contributed by atoms with E-state index in [4.69, 9.17) is 4.55 Å². The lowest BCUT2D eigenvalue weighted by Crippen LogP contribution is -2.10. The van der Waals surface area contributed by atoms with Crippen molar-refractivity contribution in [3.63, 3.8) is 0 Å². The Labute approximate surface area is 92.2 Å². The van der Waals surface area contributed by atoms with E-state index < -0.39 is 10.3 Å². The first-order valence-corrected chi connectivity index (χ1v) is 5.87. The van der Waals surface area contributed by atoms with Gasteiger partial charge in [-0.05, 0) is 12.1 Å². The van der Waals surface area contributed by atoms with Crippen molar-refractivity contribution in [3.05, 3.63) is 36.4 Å². The van der Waals surface area contributed by atoms with E-state index in [1.165, 1.54) is 12.1 Å². The van der Waals surface area contributed by atoms with E-state index in [9.17, 15) is 13.5 Å². The summed E-state index contributed by atoms with van der Waals surface area (Å²) >= 11 is 0. The molecule has 0 fully saturated rings. The number of phenolic OH excluding ortho intramolecular Hbond substituents is 1. The molecule has 0 aliphatic heterocycles. The van der Waals surface area contributed by atoms with E-state index in [-0.39, 0.29) is 11.4 Å². The molecular weight excluding hydrogens is 230 g/mol. The quantitative estimate of drug-likeness (QED) is 0.697. The summed E-state index contributed by atoms with van der Waals surface area (Å²) in [4.78, 5) is 0. The van der Waals surface area contributed by atoms with Crippen molar-refractivity contribution in [2.75, 3.05) is 4.72 Å². The lowest BCUT2D eigenvalue weighted by molar-refractivity contribution is 0.481. The number of hydrogen-bond donors (Lipinski definition) is 3. The van der Waals surface area contributed by atoms with Crippen LogP contribution in [-0.4, -0.2) is 18.1 Å². The fraction of sp³-hybridized carbons (Fsp3) is 0. The number of nitrogens with one attached hydrogen (secondary N) is 1. The Morgan fingerprint density at radius 1 is 1.00 bits per heavy atom. The van der Waals surface area contributed by atoms with Crippen LogP contribution in [-0.2, 0) is 10.3 Å². The number of hydrogen-bond acceptors (Lipinski definition) is 3. The van der Waals surface area contributed by atoms with Crippen LogP contribution in [0.25, 0.3) is 10.8 Å². The van der Waals surface area contributed by atoms with Gasteiger partial charge in [0.1, 0.15) is 5.75 Å². The Bertz CT molecular complexity index is 636. The number of benzene rings is 2. The molecule has 0 aliphatic rings. The van der Waals surface area contributed by atoms with Crippen LogP contribution in [0.1, 0.15) is 0 Å². The van der Waals surface area contributed by atoms with Crippen LogP contribution >= 0.6 is 0 Å². The Balaban J connectivity index is 2.67. The summed E-state index contributed by atoms with van der Waals surface area (Å²) in [5.74, 6) is 0.0523. The van der Waals surface area contributed by atoms with Gasteiger partial charge in [0.15, 0.2) is 0 Å². The maximum atomic E-state index is 10.7. The van der Waals surface area contributed by atoms with E-state index in [0.29, 0.717) is 10.8 Å². The fourth-order valence-electron chi connectivity index (χ4n) is 1.52. The Hall–Kier alpha value is -1.79. The van der Waals surface area contributed by atoms with Gasteiger partial charge in [0, 0.05) is 10.8 Å². The third kappa shape index (κ3) is 2.07. The Morgan fingerprint density at radius 2 is 1.62 bits per heavy atom. The second-order valence-electron chi connectivity index (χ2n) is 3.25. The van der Waals surface area contributed by atoms with Gasteiger partial charge in [-0.1, -0.05) is 24.3 Å². The second-order valence-corrected chi connectivity index (χ2v) is 4.41. The summed E-state index contributed by atoms with van der Waals surface area (Å²) in [6.45, 7) is 0. The van der Waals surface area contributed by atoms with Crippen LogP contribution in [0.3, 0.4) is 0 Å². The highest BCUT2D eigenvalue weighted by atomic mass is 32.2. The topological polar surface area (TPSA) is 86.6 Å². The maximum Gasteiger partial charge on any atom is 0.357 e. The lowest BCUT2D eigenvalue weighted by Gasteiger charge is -2.07. The molecular formula is C10H9NO4S. The number of aromatic hydroxyl groups is 1. The minimum atomic E-state index is -4.31. The lowest BCUT2D eigenvalue weighted by atomic mass is 10.1. The Kier molecular flexibility index (Phi) is 2.45. The molecule has 0 saturated carbocycles. The van der Waals surface area contributed by atoms with E-state index >= 15 is 0 Å². The SMILES string of the molecule is O=S(=O)(O)Nc1cccc2c(O)cccc12. The van der Waals surface area contributed by atoms with Crippen LogP contribution < -0.4 is 4.72 Å². The molecule has 2 aromatic rings. The van der Waals surface area contributed by atoms with Crippen molar-refractivity contribution in [2.45, 2.75) is 0 Å². The normalized spacial score (nSPS) is 11.6. The van der Waals surface area contributed by atoms with E-state index in [0.717, 1.165) is 0 Å². The molecule has 3 N–H and O–H groups in total. The third-order valence-corrected chi connectivity index (χ3v) is 2.62. The van der Waals surface area contributed by atoms with Crippen LogP contribution in [0.5, 0.6) is 5.75 Å². The smallest absolute Gasteiger partial charge is 0.357 e. The van der Waals surface area contributed by atoms with Gasteiger partial charge in [-0.15, -0.1) is 0 Å². The average Bonchev–Trinajstić information content (AvgIpc) is 2.17. The van der Waals surface area contributed by atoms with Gasteiger partial charge in [-0.2, -0.15) is 8.42 Å². The molecule has 2 rings (SSSR count). The summed E-state index contributed by atoms with van der Waals surface area (Å²) in [5, 5.41) is 10.6. The molecule has 6 heteroatoms. The standard InChI is InChI=1S/C10H9NO4S/c12-10-6-2-3-7-8(10)4-1-5-9(7)11-16(13,14)15/h1-6,11-12H,(H,13,14,15). The molecule has 5 nitrogen and oxygen atoms in total. The molecule has 0 aliphatic carbocycles. The van der Waals surface area contributed by atoms with Crippen LogP contribution in [0.15, 0.2) is 36.4 Å². The summed E-state index contributed by atoms with van der Waals surface area (Å²) in [6, 6.07) is 9.46. The van der Waals surface area contributed by atoms with Gasteiger partial charge in [0.25, 0.3) is 0 Å². The van der Waals surface area contributed by atoms with Gasteiger partial charge < -0.3 is 5.11 Å². The number of phenols is 1. The highest BCUT2D eigenvalue weighted by Crippen LogP contribution is 2.29. The molecule has 0 bridgehead atoms. The fourth-order valence-corrected chi connectivity index (χ4v) is 1.98. The Morgan fingerprint density at radius 3 is 2.31 bits per heavy atom. The molecule has 2 aromatic carbocycles. The van der Waals surface area contributed by atoms with E-state index in [2.05, 4.69) is 0 Å². The highest BCUT2D eigenvalue weighted by Gasteiger charge is 2.08. The molecule has 0 heterocycles. The molecule has 0 spiro atoms. The molecule has 0 atom stereocenters. The van der Waals surface area contributed by atoms with Crippen molar-refractivity contribution in [3.8, 4) is 5.75 Å². The van der Waals surface area contributed by atoms with Crippen molar-refractivity contribution in [2.24, 2.45) is 0 Å². The number of fused-ring (bicyclic) bond motifs is 1. The average molecular weight is 239 g/mol. The first-order valence-electron chi connectivity index (χ1n) is 4.43. The second kappa shape index (κ2) is 3.66. The minimum absolute atomic E-state index is 0.0523. The molecule has 84 valence electrons. The van der Waals surface area contributed by atoms with Gasteiger partial charge in [-0.3, -0.25) is 9.27 Å². The third-order valence-electron chi connectivity index (χ3n) is 2.14. The van der Waals surface area contributed by atoms with Crippen LogP contribution in [0, 0.1) is 0 Å². The van der Waals surface area contributed by atoms with Crippen LogP contribution in [0.2, 0.25) is 0 Å². The zero-order valence-electron chi connectivity index (χ0n) is 8.08. The molecule has 0 saturated heterocycles. The predicted molar refractivity (Wildman–Crippen MR) is 60.8 cm³/mol. The monoisotopic (exact) mass is 239 g/mol. The zero-order valence-corrected chi connectivity index (χ0v) is 8.90. The van der Waals surface area contributed by atoms with E-state index in [1.54, 1.807) is 24.3 Å². The molecule has 16 heavy (non-hydrogen) atoms. The van der Waals surface area contributed by atoms with Gasteiger partial charge >= 0.3 is 10.3 Å². The van der Waals surface area contributed by atoms with Gasteiger partial charge in [0.05, 0.1) is 5.69 Å². The highest BCUT2D eigenvalue weighted by molar-refractivity contribution is 7.87. The van der Waals surface area contributed by atoms with Crippen molar-refractivity contribution in [1.29, 1.82) is 0 Å². The number of rotatable bonds is 2. The first-order chi connectivity index (χ1) is 7.47. The number of anilines is 1. The first kappa shape index (κ1) is 10.7. The van der Waals surface area contributed by atoms with E-state index in [1.807, 2.05) is 4.72 Å². The van der Waals surface area contributed by atoms with Gasteiger partial charge in [-0.25, -0.2) is 0 Å². The summed E-state index contributed by atoms with van der Waals surface area (Å²) in [5.41, 5.74) is 0.218. The summed E-state index contributed by atoms with van der Waals surface area (Å²) in [7, 11) is -4.31. The largest absolute Gasteiger partial charge is 0.507 e. The molecule has 0 radical (unpaired) electrons. The maximum absolute atomic E-state index is 10.7. The van der Waals surface area contributed by atoms with Crippen molar-refractivity contribution in [1.82, 2.24) is 0 Å². The predicted octanol–water partition coefficient (Wildman–Crippen LogP) is 1.76.